The molecule has 0 spiro atoms. The van der Waals surface area contributed by atoms with Crippen molar-refractivity contribution in [2.24, 2.45) is 27.9 Å². The number of likely N-dealkylation sites (N-methyl/N-ethyl adjacent to an activating group) is 3. The number of rotatable bonds is 23. The second-order valence-electron chi connectivity index (χ2n) is 24.3. The van der Waals surface area contributed by atoms with Gasteiger partial charge in [0.2, 0.25) is 17.7 Å². The van der Waals surface area contributed by atoms with E-state index in [4.69, 9.17) is 15.9 Å². The summed E-state index contributed by atoms with van der Waals surface area (Å²) in [5, 5.41) is 20.2. The van der Waals surface area contributed by atoms with E-state index >= 15 is 0 Å². The monoisotopic (exact) mass is 957 g/mol. The minimum atomic E-state index is -0.815. The Labute approximate surface area is 409 Å². The van der Waals surface area contributed by atoms with Gasteiger partial charge in [-0.25, -0.2) is 4.79 Å². The van der Waals surface area contributed by atoms with Crippen molar-refractivity contribution < 1.29 is 39.0 Å². The van der Waals surface area contributed by atoms with Crippen LogP contribution in [0.2, 0.25) is 0 Å². The van der Waals surface area contributed by atoms with E-state index in [0.29, 0.717) is 65.1 Å². The standard InChI is InChI=1S/C19H38N2O3.C16H34N4O2.C16H32N2O3/c1-15(16(22)23)11-9-10-12-21(17(24)18(2,3)4)14-13-20(8)19(5,6)7;1-15(2,3)13(21)20(10-8-9-18-14(17)22)12-11-19(7)16(4,5)6;1-15(2,3)14(21)18(10-8-9-13(19)20)12-11-17(7)16(4,5)6/h15H,9-14H2,1-8H3,(H,22,23);8-12H2,1-7H3,(H3,17,18,22);8-12H2,1-7H3,(H,19,20)/t15-;;/m0../s1. The molecule has 0 rings (SSSR count). The molecule has 0 heterocycles. The average Bonchev–Trinajstić information content (AvgIpc) is 3.15. The van der Waals surface area contributed by atoms with Gasteiger partial charge in [-0.05, 0) is 109 Å². The van der Waals surface area contributed by atoms with Crippen LogP contribution in [0.4, 0.5) is 4.79 Å². The van der Waals surface area contributed by atoms with Gasteiger partial charge in [0.1, 0.15) is 0 Å². The minimum absolute atomic E-state index is 0.0531. The lowest BCUT2D eigenvalue weighted by atomic mass is 9.94. The van der Waals surface area contributed by atoms with Gasteiger partial charge in [0.25, 0.3) is 0 Å². The third-order valence-corrected chi connectivity index (χ3v) is 11.8. The van der Waals surface area contributed by atoms with Crippen LogP contribution in [0.15, 0.2) is 0 Å². The zero-order chi connectivity index (χ0) is 53.5. The van der Waals surface area contributed by atoms with Gasteiger partial charge in [-0.1, -0.05) is 75.7 Å². The molecule has 0 saturated carbocycles. The maximum atomic E-state index is 12.7. The summed E-state index contributed by atoms with van der Waals surface area (Å²) in [6.07, 6.45) is 3.63. The molecule has 16 nitrogen and oxygen atoms in total. The largest absolute Gasteiger partial charge is 0.481 e. The zero-order valence-electron chi connectivity index (χ0n) is 47.0. The normalized spacial score (nSPS) is 13.0. The van der Waals surface area contributed by atoms with Crippen molar-refractivity contribution in [2.45, 2.75) is 187 Å². The van der Waals surface area contributed by atoms with Crippen LogP contribution < -0.4 is 11.1 Å². The summed E-state index contributed by atoms with van der Waals surface area (Å²) in [5.74, 6) is -1.50. The van der Waals surface area contributed by atoms with Crippen molar-refractivity contribution in [1.29, 1.82) is 0 Å². The number of nitrogens with one attached hydrogen (secondary N) is 1. The Morgan fingerprint density at radius 2 is 0.761 bits per heavy atom. The van der Waals surface area contributed by atoms with Crippen LogP contribution in [0.3, 0.4) is 0 Å². The van der Waals surface area contributed by atoms with Crippen molar-refractivity contribution in [3.05, 3.63) is 0 Å². The fourth-order valence-corrected chi connectivity index (χ4v) is 5.97. The number of carbonyl (C=O) groups is 6. The summed E-state index contributed by atoms with van der Waals surface area (Å²) >= 11 is 0. The molecule has 0 unspecified atom stereocenters. The Hall–Kier alpha value is -3.50. The zero-order valence-corrected chi connectivity index (χ0v) is 47.0. The Morgan fingerprint density at radius 3 is 1.01 bits per heavy atom. The van der Waals surface area contributed by atoms with Crippen molar-refractivity contribution in [3.8, 4) is 0 Å². The molecule has 0 aromatic heterocycles. The maximum absolute atomic E-state index is 12.7. The topological polar surface area (TPSA) is 200 Å². The van der Waals surface area contributed by atoms with Crippen LogP contribution in [0.1, 0.15) is 170 Å². The van der Waals surface area contributed by atoms with E-state index in [1.165, 1.54) is 0 Å². The Bertz CT molecular complexity index is 1480. The number of hydrogen-bond donors (Lipinski definition) is 4. The van der Waals surface area contributed by atoms with E-state index in [-0.39, 0.29) is 46.7 Å². The molecule has 5 amide bonds. The first-order valence-corrected chi connectivity index (χ1v) is 24.5. The Balaban J connectivity index is -0.000000919. The summed E-state index contributed by atoms with van der Waals surface area (Å²) in [5.41, 5.74) is 4.01. The van der Waals surface area contributed by atoms with Gasteiger partial charge < -0.3 is 36.0 Å². The van der Waals surface area contributed by atoms with Gasteiger partial charge in [0.15, 0.2) is 0 Å². The number of unbranched alkanes of at least 4 members (excludes halogenated alkanes) is 1. The fourth-order valence-electron chi connectivity index (χ4n) is 5.97. The molecule has 0 aliphatic carbocycles. The van der Waals surface area contributed by atoms with E-state index < -0.39 is 34.2 Å². The molecule has 16 heteroatoms. The highest BCUT2D eigenvalue weighted by atomic mass is 16.4. The third-order valence-electron chi connectivity index (χ3n) is 11.8. The van der Waals surface area contributed by atoms with E-state index in [0.717, 1.165) is 32.5 Å². The number of primary amides is 1. The van der Waals surface area contributed by atoms with Gasteiger partial charge in [-0.15, -0.1) is 0 Å². The molecule has 67 heavy (non-hydrogen) atoms. The molecule has 0 aromatic rings. The quantitative estimate of drug-likeness (QED) is 0.0736. The maximum Gasteiger partial charge on any atom is 0.312 e. The number of amides is 5. The molecule has 0 bridgehead atoms. The molecule has 396 valence electrons. The number of carbonyl (C=O) groups excluding carboxylic acids is 4. The van der Waals surface area contributed by atoms with Crippen LogP contribution in [0, 0.1) is 22.2 Å². The molecule has 0 aliphatic rings. The first-order chi connectivity index (χ1) is 30.0. The highest BCUT2D eigenvalue weighted by Gasteiger charge is 2.31. The van der Waals surface area contributed by atoms with E-state index in [9.17, 15) is 28.8 Å². The van der Waals surface area contributed by atoms with Gasteiger partial charge in [0, 0.05) is 105 Å². The predicted molar refractivity (Wildman–Crippen MR) is 275 cm³/mol. The lowest BCUT2D eigenvalue weighted by molar-refractivity contribution is -0.142. The first kappa shape index (κ1) is 67.8. The molecule has 1 atom stereocenters. The molecular formula is C51H104N8O8. The van der Waals surface area contributed by atoms with Gasteiger partial charge in [0.05, 0.1) is 5.92 Å². The first-order valence-electron chi connectivity index (χ1n) is 24.5. The van der Waals surface area contributed by atoms with Gasteiger partial charge in [-0.3, -0.25) is 38.7 Å². The lowest BCUT2D eigenvalue weighted by Crippen LogP contribution is -2.47. The number of carboxylic acid groups (broad SMARTS) is 2. The predicted octanol–water partition coefficient (Wildman–Crippen LogP) is 7.59. The molecule has 0 aromatic carbocycles. The number of carboxylic acids is 2. The molecule has 0 aliphatic heterocycles. The molecular weight excluding hydrogens is 853 g/mol. The number of hydrogen-bond acceptors (Lipinski definition) is 9. The van der Waals surface area contributed by atoms with Crippen LogP contribution >= 0.6 is 0 Å². The average molecular weight is 957 g/mol. The van der Waals surface area contributed by atoms with Crippen molar-refractivity contribution in [2.75, 3.05) is 86.6 Å². The van der Waals surface area contributed by atoms with Crippen molar-refractivity contribution in [3.63, 3.8) is 0 Å². The van der Waals surface area contributed by atoms with Crippen LogP contribution in [0.25, 0.3) is 0 Å². The number of urea groups is 1. The number of aliphatic carboxylic acids is 2. The summed E-state index contributed by atoms with van der Waals surface area (Å²) in [7, 11) is 6.18. The number of nitrogens with two attached hydrogens (primary N) is 1. The fraction of sp³-hybridized carbons (Fsp3) is 0.882. The lowest BCUT2D eigenvalue weighted by Gasteiger charge is -2.35. The summed E-state index contributed by atoms with van der Waals surface area (Å²) in [6.45, 7) is 45.1. The highest BCUT2D eigenvalue weighted by Crippen LogP contribution is 2.22. The molecule has 5 N–H and O–H groups in total. The summed E-state index contributed by atoms with van der Waals surface area (Å²) < 4.78 is 0. The van der Waals surface area contributed by atoms with E-state index in [1.807, 2.05) is 79.2 Å². The smallest absolute Gasteiger partial charge is 0.312 e. The van der Waals surface area contributed by atoms with Crippen LogP contribution in [0.5, 0.6) is 0 Å². The van der Waals surface area contributed by atoms with Crippen molar-refractivity contribution >= 4 is 35.7 Å². The van der Waals surface area contributed by atoms with Crippen LogP contribution in [-0.4, -0.2) is 179 Å². The Morgan fingerprint density at radius 1 is 0.463 bits per heavy atom. The van der Waals surface area contributed by atoms with E-state index in [2.05, 4.69) is 96.4 Å². The SMILES string of the molecule is CN(CCN(CCCC(=O)O)C(=O)C(C)(C)C)C(C)(C)C.CN(CCN(CCCNC(N)=O)C(=O)C(C)(C)C)C(C)(C)C.C[C@@H](CCCCN(CCN(C)C(C)(C)C)C(=O)C(C)(C)C)C(=O)O. The van der Waals surface area contributed by atoms with Gasteiger partial charge >= 0.3 is 18.0 Å². The van der Waals surface area contributed by atoms with Crippen molar-refractivity contribution in [1.82, 2.24) is 34.7 Å². The summed E-state index contributed by atoms with van der Waals surface area (Å²) in [4.78, 5) is 82.2. The number of nitrogens with zero attached hydrogens (tertiary/aromatic N) is 6. The molecule has 0 fully saturated rings. The second kappa shape index (κ2) is 30.2. The van der Waals surface area contributed by atoms with Gasteiger partial charge in [-0.2, -0.15) is 0 Å². The highest BCUT2D eigenvalue weighted by molar-refractivity contribution is 5.82. The minimum Gasteiger partial charge on any atom is -0.481 e. The van der Waals surface area contributed by atoms with E-state index in [1.54, 1.807) is 11.8 Å². The van der Waals surface area contributed by atoms with Crippen LogP contribution in [-0.2, 0) is 24.0 Å². The second-order valence-corrected chi connectivity index (χ2v) is 24.3. The summed E-state index contributed by atoms with van der Waals surface area (Å²) in [6, 6.07) is -0.527. The third kappa shape index (κ3) is 32.8. The Kier molecular flexibility index (Phi) is 30.5. The molecule has 0 radical (unpaired) electrons. The molecule has 0 saturated heterocycles.